The molecule has 0 aromatic heterocycles. The highest BCUT2D eigenvalue weighted by Gasteiger charge is 2.29. The zero-order valence-electron chi connectivity index (χ0n) is 17.2. The quantitative estimate of drug-likeness (QED) is 0.756. The number of hydrogen-bond donors (Lipinski definition) is 2. The second-order valence-electron chi connectivity index (χ2n) is 8.37. The van der Waals surface area contributed by atoms with Gasteiger partial charge in [-0.25, -0.2) is 0 Å². The van der Waals surface area contributed by atoms with Crippen LogP contribution in [-0.4, -0.2) is 57.0 Å². The Morgan fingerprint density at radius 1 is 0.964 bits per heavy atom. The van der Waals surface area contributed by atoms with E-state index < -0.39 is 0 Å². The summed E-state index contributed by atoms with van der Waals surface area (Å²) >= 11 is 0. The van der Waals surface area contributed by atoms with Crippen LogP contribution in [0.1, 0.15) is 38.5 Å². The first kappa shape index (κ1) is 20.6. The fourth-order valence-corrected chi connectivity index (χ4v) is 4.14. The number of carbonyl (C=O) groups is 2. The minimum atomic E-state index is 0.00378. The SMILES string of the molecule is CN(C)CCNC(=O)C1CCC(C(=O)Nc2ccc(N3CCCC3)cc2)CC1. The van der Waals surface area contributed by atoms with Crippen LogP contribution in [0.25, 0.3) is 0 Å². The molecule has 1 aliphatic heterocycles. The van der Waals surface area contributed by atoms with E-state index in [1.807, 2.05) is 26.2 Å². The Hall–Kier alpha value is -2.08. The molecule has 28 heavy (non-hydrogen) atoms. The predicted octanol–water partition coefficient (Wildman–Crippen LogP) is 2.71. The van der Waals surface area contributed by atoms with Crippen molar-refractivity contribution in [2.75, 3.05) is 50.5 Å². The number of likely N-dealkylation sites (N-methyl/N-ethyl adjacent to an activating group) is 1. The Balaban J connectivity index is 1.41. The van der Waals surface area contributed by atoms with Gasteiger partial charge in [0, 0.05) is 49.4 Å². The van der Waals surface area contributed by atoms with Crippen LogP contribution < -0.4 is 15.5 Å². The monoisotopic (exact) mass is 386 g/mol. The van der Waals surface area contributed by atoms with Crippen LogP contribution >= 0.6 is 0 Å². The van der Waals surface area contributed by atoms with Gasteiger partial charge in [0.15, 0.2) is 0 Å². The van der Waals surface area contributed by atoms with Gasteiger partial charge in [-0.15, -0.1) is 0 Å². The van der Waals surface area contributed by atoms with E-state index in [1.165, 1.54) is 18.5 Å². The minimum Gasteiger partial charge on any atom is -0.372 e. The van der Waals surface area contributed by atoms with Crippen LogP contribution in [0.15, 0.2) is 24.3 Å². The van der Waals surface area contributed by atoms with Crippen LogP contribution in [0.4, 0.5) is 11.4 Å². The summed E-state index contributed by atoms with van der Waals surface area (Å²) in [6.07, 6.45) is 5.66. The molecule has 1 aromatic rings. The molecule has 0 spiro atoms. The Morgan fingerprint density at radius 2 is 1.54 bits per heavy atom. The van der Waals surface area contributed by atoms with Gasteiger partial charge in [0.1, 0.15) is 0 Å². The van der Waals surface area contributed by atoms with Crippen LogP contribution in [0, 0.1) is 11.8 Å². The second kappa shape index (κ2) is 9.92. The van der Waals surface area contributed by atoms with Crippen molar-refractivity contribution in [2.24, 2.45) is 11.8 Å². The summed E-state index contributed by atoms with van der Waals surface area (Å²) in [5.41, 5.74) is 2.09. The number of amides is 2. The van der Waals surface area contributed by atoms with Crippen molar-refractivity contribution >= 4 is 23.2 Å². The molecule has 3 rings (SSSR count). The van der Waals surface area contributed by atoms with Gasteiger partial charge in [0.05, 0.1) is 0 Å². The fourth-order valence-electron chi connectivity index (χ4n) is 4.14. The number of carbonyl (C=O) groups excluding carboxylic acids is 2. The molecule has 0 radical (unpaired) electrons. The maximum absolute atomic E-state index is 12.6. The average Bonchev–Trinajstić information content (AvgIpc) is 3.23. The van der Waals surface area contributed by atoms with Gasteiger partial charge in [-0.1, -0.05) is 0 Å². The molecule has 6 heteroatoms. The lowest BCUT2D eigenvalue weighted by molar-refractivity contribution is -0.128. The third kappa shape index (κ3) is 5.71. The third-order valence-corrected chi connectivity index (χ3v) is 5.93. The van der Waals surface area contributed by atoms with E-state index in [2.05, 4.69) is 32.6 Å². The highest BCUT2D eigenvalue weighted by molar-refractivity contribution is 5.93. The molecule has 2 N–H and O–H groups in total. The molecule has 1 aliphatic carbocycles. The highest BCUT2D eigenvalue weighted by Crippen LogP contribution is 2.30. The molecule has 1 aromatic carbocycles. The lowest BCUT2D eigenvalue weighted by Gasteiger charge is -2.27. The van der Waals surface area contributed by atoms with Crippen molar-refractivity contribution in [3.05, 3.63) is 24.3 Å². The number of anilines is 2. The molecule has 0 unspecified atom stereocenters. The maximum Gasteiger partial charge on any atom is 0.227 e. The Morgan fingerprint density at radius 3 is 2.11 bits per heavy atom. The van der Waals surface area contributed by atoms with Crippen LogP contribution in [0.2, 0.25) is 0 Å². The van der Waals surface area contributed by atoms with E-state index in [0.29, 0.717) is 6.54 Å². The van der Waals surface area contributed by atoms with Crippen molar-refractivity contribution in [1.29, 1.82) is 0 Å². The maximum atomic E-state index is 12.6. The van der Waals surface area contributed by atoms with Crippen molar-refractivity contribution in [2.45, 2.75) is 38.5 Å². The number of nitrogens with one attached hydrogen (secondary N) is 2. The molecule has 154 valence electrons. The third-order valence-electron chi connectivity index (χ3n) is 5.93. The largest absolute Gasteiger partial charge is 0.372 e. The van der Waals surface area contributed by atoms with Gasteiger partial charge in [-0.05, 0) is 76.9 Å². The smallest absolute Gasteiger partial charge is 0.227 e. The molecule has 0 atom stereocenters. The molecule has 1 saturated heterocycles. The van der Waals surface area contributed by atoms with Gasteiger partial charge in [-0.3, -0.25) is 9.59 Å². The predicted molar refractivity (Wildman–Crippen MR) is 114 cm³/mol. The molecule has 2 aliphatic rings. The molecular formula is C22H34N4O2. The number of rotatable bonds is 7. The van der Waals surface area contributed by atoms with Gasteiger partial charge >= 0.3 is 0 Å². The molecule has 1 saturated carbocycles. The number of hydrogen-bond acceptors (Lipinski definition) is 4. The summed E-state index contributed by atoms with van der Waals surface area (Å²) in [6.45, 7) is 3.77. The highest BCUT2D eigenvalue weighted by atomic mass is 16.2. The molecule has 1 heterocycles. The summed E-state index contributed by atoms with van der Waals surface area (Å²) in [5, 5.41) is 6.07. The normalized spacial score (nSPS) is 22.3. The summed E-state index contributed by atoms with van der Waals surface area (Å²) in [5.74, 6) is 0.272. The lowest BCUT2D eigenvalue weighted by Crippen LogP contribution is -2.38. The first-order valence-electron chi connectivity index (χ1n) is 10.6. The van der Waals surface area contributed by atoms with E-state index in [9.17, 15) is 9.59 Å². The van der Waals surface area contributed by atoms with E-state index in [1.54, 1.807) is 0 Å². The molecule has 6 nitrogen and oxygen atoms in total. The van der Waals surface area contributed by atoms with Gasteiger partial charge in [0.25, 0.3) is 0 Å². The van der Waals surface area contributed by atoms with Crippen molar-refractivity contribution < 1.29 is 9.59 Å². The summed E-state index contributed by atoms with van der Waals surface area (Å²) < 4.78 is 0. The van der Waals surface area contributed by atoms with Crippen LogP contribution in [0.3, 0.4) is 0 Å². The van der Waals surface area contributed by atoms with Crippen molar-refractivity contribution in [3.63, 3.8) is 0 Å². The van der Waals surface area contributed by atoms with Crippen molar-refractivity contribution in [1.82, 2.24) is 10.2 Å². The zero-order valence-corrected chi connectivity index (χ0v) is 17.2. The Kier molecular flexibility index (Phi) is 7.31. The number of nitrogens with zero attached hydrogens (tertiary/aromatic N) is 2. The molecule has 0 bridgehead atoms. The first-order valence-corrected chi connectivity index (χ1v) is 10.6. The molecule has 2 fully saturated rings. The lowest BCUT2D eigenvalue weighted by atomic mass is 9.81. The summed E-state index contributed by atoms with van der Waals surface area (Å²) in [6, 6.07) is 8.18. The zero-order chi connectivity index (χ0) is 19.9. The standard InChI is InChI=1S/C22H34N4O2/c1-25(2)16-13-23-21(27)17-5-7-18(8-6-17)22(28)24-19-9-11-20(12-10-19)26-14-3-4-15-26/h9-12,17-18H,3-8,13-16H2,1-2H3,(H,23,27)(H,24,28). The average molecular weight is 387 g/mol. The second-order valence-corrected chi connectivity index (χ2v) is 8.37. The number of benzene rings is 1. The van der Waals surface area contributed by atoms with Gasteiger partial charge in [0.2, 0.25) is 11.8 Å². The Labute approximate surface area is 168 Å². The fraction of sp³-hybridized carbons (Fsp3) is 0.636. The minimum absolute atomic E-state index is 0.00378. The van der Waals surface area contributed by atoms with E-state index in [0.717, 1.165) is 51.0 Å². The van der Waals surface area contributed by atoms with E-state index >= 15 is 0 Å². The summed E-state index contributed by atoms with van der Waals surface area (Å²) in [4.78, 5) is 29.3. The van der Waals surface area contributed by atoms with Crippen molar-refractivity contribution in [3.8, 4) is 0 Å². The van der Waals surface area contributed by atoms with Crippen LogP contribution in [0.5, 0.6) is 0 Å². The summed E-state index contributed by atoms with van der Waals surface area (Å²) in [7, 11) is 3.99. The van der Waals surface area contributed by atoms with Gasteiger partial charge < -0.3 is 20.4 Å². The topological polar surface area (TPSA) is 64.7 Å². The Bertz CT molecular complexity index is 645. The van der Waals surface area contributed by atoms with E-state index in [-0.39, 0.29) is 23.7 Å². The molecular weight excluding hydrogens is 352 g/mol. The first-order chi connectivity index (χ1) is 13.5. The molecule has 2 amide bonds. The van der Waals surface area contributed by atoms with E-state index in [4.69, 9.17) is 0 Å². The van der Waals surface area contributed by atoms with Gasteiger partial charge in [-0.2, -0.15) is 0 Å². The van der Waals surface area contributed by atoms with Crippen LogP contribution in [-0.2, 0) is 9.59 Å².